The highest BCUT2D eigenvalue weighted by Crippen LogP contribution is 2.42. The molecule has 0 saturated carbocycles. The van der Waals surface area contributed by atoms with Gasteiger partial charge in [0.05, 0.1) is 24.4 Å². The van der Waals surface area contributed by atoms with Crippen LogP contribution in [-0.2, 0) is 16.1 Å². The van der Waals surface area contributed by atoms with Crippen molar-refractivity contribution in [3.63, 3.8) is 0 Å². The number of aromatic nitrogens is 3. The summed E-state index contributed by atoms with van der Waals surface area (Å²) < 4.78 is 13.0. The molecule has 2 N–H and O–H groups in total. The summed E-state index contributed by atoms with van der Waals surface area (Å²) in [5, 5.41) is 13.0. The van der Waals surface area contributed by atoms with Gasteiger partial charge in [0.25, 0.3) is 5.91 Å². The highest BCUT2D eigenvalue weighted by molar-refractivity contribution is 7.99. The van der Waals surface area contributed by atoms with Crippen LogP contribution in [0.15, 0.2) is 96.7 Å². The maximum Gasteiger partial charge on any atom is 0.257 e. The van der Waals surface area contributed by atoms with Crippen molar-refractivity contribution in [3.05, 3.63) is 114 Å². The van der Waals surface area contributed by atoms with E-state index in [1.165, 1.54) is 6.20 Å². The normalized spacial score (nSPS) is 21.1. The molecule has 0 radical (unpaired) electrons. The zero-order chi connectivity index (χ0) is 26.3. The highest BCUT2D eigenvalue weighted by Gasteiger charge is 2.38. The lowest BCUT2D eigenvalue weighted by Gasteiger charge is -2.41. The van der Waals surface area contributed by atoms with Crippen LogP contribution in [-0.4, -0.2) is 37.8 Å². The number of carbonyl (C=O) groups excluding carboxylic acids is 1. The number of benzene rings is 2. The first-order chi connectivity index (χ1) is 18.6. The molecule has 9 heteroatoms. The Kier molecular flexibility index (Phi) is 8.40. The van der Waals surface area contributed by atoms with Gasteiger partial charge in [0.1, 0.15) is 0 Å². The minimum atomic E-state index is -0.598. The smallest absolute Gasteiger partial charge is 0.257 e. The van der Waals surface area contributed by atoms with Crippen molar-refractivity contribution in [1.29, 1.82) is 0 Å². The second kappa shape index (κ2) is 12.3. The molecule has 0 bridgehead atoms. The molecule has 1 saturated heterocycles. The minimum Gasteiger partial charge on any atom is -0.392 e. The van der Waals surface area contributed by atoms with Crippen LogP contribution in [0, 0.1) is 5.92 Å². The molecule has 1 aliphatic heterocycles. The Labute approximate surface area is 225 Å². The Morgan fingerprint density at radius 2 is 1.68 bits per heavy atom. The predicted molar refractivity (Wildman–Crippen MR) is 144 cm³/mol. The lowest BCUT2D eigenvalue weighted by Crippen LogP contribution is -2.38. The number of nitrogens with one attached hydrogen (secondary N) is 1. The molecule has 1 fully saturated rings. The number of hydrogen-bond donors (Lipinski definition) is 2. The Balaban J connectivity index is 1.34. The second-order valence-corrected chi connectivity index (χ2v) is 9.97. The Bertz CT molecular complexity index is 1320. The number of aliphatic hydroxyl groups excluding tert-OH is 1. The molecule has 4 atom stereocenters. The van der Waals surface area contributed by atoms with Crippen molar-refractivity contribution >= 4 is 23.4 Å². The minimum absolute atomic E-state index is 0.00684. The van der Waals surface area contributed by atoms with Crippen LogP contribution in [0.4, 0.5) is 5.69 Å². The van der Waals surface area contributed by atoms with Crippen molar-refractivity contribution in [1.82, 2.24) is 15.0 Å². The lowest BCUT2D eigenvalue weighted by atomic mass is 9.91. The summed E-state index contributed by atoms with van der Waals surface area (Å²) >= 11 is 1.55. The average Bonchev–Trinajstić information content (AvgIpc) is 2.98. The molecule has 0 unspecified atom stereocenters. The summed E-state index contributed by atoms with van der Waals surface area (Å²) in [5.41, 5.74) is 3.87. The summed E-state index contributed by atoms with van der Waals surface area (Å²) in [4.78, 5) is 25.1. The predicted octanol–water partition coefficient (Wildman–Crippen LogP) is 5.20. The molecular weight excluding hydrogens is 500 g/mol. The van der Waals surface area contributed by atoms with Gasteiger partial charge in [-0.05, 0) is 41.5 Å². The Morgan fingerprint density at radius 3 is 2.37 bits per heavy atom. The number of amides is 1. The van der Waals surface area contributed by atoms with Crippen LogP contribution in [0.25, 0.3) is 0 Å². The topological polar surface area (TPSA) is 106 Å². The van der Waals surface area contributed by atoms with Crippen molar-refractivity contribution < 1.29 is 19.4 Å². The molecule has 4 aromatic rings. The van der Waals surface area contributed by atoms with Crippen LogP contribution in [0.3, 0.4) is 0 Å². The first kappa shape index (κ1) is 26.0. The van der Waals surface area contributed by atoms with E-state index in [0.717, 1.165) is 16.7 Å². The first-order valence-corrected chi connectivity index (χ1v) is 13.3. The SMILES string of the molecule is C[C@H]1[C@@H](CSc2ncccn2)O[C@@H](c2ccc(NC(=O)c3cccnc3)cc2)O[C@H]1c1ccc(CO)cc1. The van der Waals surface area contributed by atoms with E-state index in [2.05, 4.69) is 27.2 Å². The zero-order valence-electron chi connectivity index (χ0n) is 20.8. The van der Waals surface area contributed by atoms with E-state index < -0.39 is 6.29 Å². The van der Waals surface area contributed by atoms with Gasteiger partial charge in [-0.15, -0.1) is 0 Å². The fraction of sp³-hybridized carbons (Fsp3) is 0.241. The monoisotopic (exact) mass is 528 g/mol. The molecular formula is C29H28N4O4S. The standard InChI is InChI=1S/C29H28N4O4S/c1-19-25(18-38-29-31-14-3-15-32-29)36-28(37-26(19)21-7-5-20(17-34)6-8-21)22-9-11-24(12-10-22)33-27(35)23-4-2-13-30-16-23/h2-16,19,25-26,28,34H,17-18H2,1H3,(H,33,35)/t19-,25+,26+,28+/m0/s1. The van der Waals surface area contributed by atoms with Crippen LogP contribution in [0.5, 0.6) is 0 Å². The number of pyridine rings is 1. The van der Waals surface area contributed by atoms with E-state index in [4.69, 9.17) is 9.47 Å². The number of hydrogen-bond acceptors (Lipinski definition) is 8. The van der Waals surface area contributed by atoms with Gasteiger partial charge in [-0.2, -0.15) is 0 Å². The van der Waals surface area contributed by atoms with Gasteiger partial charge in [0.2, 0.25) is 0 Å². The van der Waals surface area contributed by atoms with E-state index in [9.17, 15) is 9.90 Å². The number of anilines is 1. The molecule has 38 heavy (non-hydrogen) atoms. The quantitative estimate of drug-likeness (QED) is 0.237. The van der Waals surface area contributed by atoms with Crippen molar-refractivity contribution in [3.8, 4) is 0 Å². The molecule has 8 nitrogen and oxygen atoms in total. The number of nitrogens with zero attached hydrogens (tertiary/aromatic N) is 3. The summed E-state index contributed by atoms with van der Waals surface area (Å²) in [6, 6.07) is 20.5. The number of ether oxygens (including phenoxy) is 2. The third kappa shape index (κ3) is 6.25. The molecule has 5 rings (SSSR count). The Morgan fingerprint density at radius 1 is 0.947 bits per heavy atom. The van der Waals surface area contributed by atoms with Crippen LogP contribution < -0.4 is 5.32 Å². The fourth-order valence-corrected chi connectivity index (χ4v) is 5.22. The van der Waals surface area contributed by atoms with E-state index in [1.54, 1.807) is 48.6 Å². The highest BCUT2D eigenvalue weighted by atomic mass is 32.2. The number of carbonyl (C=O) groups is 1. The molecule has 3 heterocycles. The second-order valence-electron chi connectivity index (χ2n) is 8.98. The van der Waals surface area contributed by atoms with Gasteiger partial charge in [0.15, 0.2) is 11.4 Å². The van der Waals surface area contributed by atoms with Gasteiger partial charge in [-0.25, -0.2) is 9.97 Å². The molecule has 2 aromatic heterocycles. The lowest BCUT2D eigenvalue weighted by molar-refractivity contribution is -0.268. The van der Waals surface area contributed by atoms with Gasteiger partial charge >= 0.3 is 0 Å². The largest absolute Gasteiger partial charge is 0.392 e. The van der Waals surface area contributed by atoms with Crippen molar-refractivity contribution in [2.24, 2.45) is 5.92 Å². The van der Waals surface area contributed by atoms with E-state index in [0.29, 0.717) is 22.2 Å². The zero-order valence-corrected chi connectivity index (χ0v) is 21.6. The van der Waals surface area contributed by atoms with E-state index in [-0.39, 0.29) is 30.6 Å². The summed E-state index contributed by atoms with van der Waals surface area (Å²) in [5.74, 6) is 0.493. The van der Waals surface area contributed by atoms with Crippen LogP contribution in [0.1, 0.15) is 46.4 Å². The molecule has 2 aromatic carbocycles. The molecule has 1 amide bonds. The van der Waals surface area contributed by atoms with Gasteiger partial charge in [-0.3, -0.25) is 9.78 Å². The summed E-state index contributed by atoms with van der Waals surface area (Å²) in [6.07, 6.45) is 5.67. The van der Waals surface area contributed by atoms with Crippen LogP contribution >= 0.6 is 11.8 Å². The van der Waals surface area contributed by atoms with Gasteiger partial charge in [-0.1, -0.05) is 55.1 Å². The van der Waals surface area contributed by atoms with Crippen molar-refractivity contribution in [2.75, 3.05) is 11.1 Å². The number of thioether (sulfide) groups is 1. The number of aliphatic hydroxyl groups is 1. The van der Waals surface area contributed by atoms with Gasteiger partial charge < -0.3 is 19.9 Å². The van der Waals surface area contributed by atoms with Gasteiger partial charge in [0, 0.05) is 47.7 Å². The van der Waals surface area contributed by atoms with E-state index in [1.807, 2.05) is 48.5 Å². The molecule has 1 aliphatic rings. The average molecular weight is 529 g/mol. The molecule has 0 aliphatic carbocycles. The summed E-state index contributed by atoms with van der Waals surface area (Å²) in [7, 11) is 0. The molecule has 0 spiro atoms. The maximum atomic E-state index is 12.5. The fourth-order valence-electron chi connectivity index (χ4n) is 4.25. The Hall–Kier alpha value is -3.63. The van der Waals surface area contributed by atoms with Crippen molar-refractivity contribution in [2.45, 2.75) is 37.2 Å². The third-order valence-corrected chi connectivity index (χ3v) is 7.37. The maximum absolute atomic E-state index is 12.5. The van der Waals surface area contributed by atoms with E-state index >= 15 is 0 Å². The third-order valence-electron chi connectivity index (χ3n) is 6.41. The first-order valence-electron chi connectivity index (χ1n) is 12.3. The molecule has 194 valence electrons. The summed E-state index contributed by atoms with van der Waals surface area (Å²) in [6.45, 7) is 2.11. The number of rotatable bonds is 8. The van der Waals surface area contributed by atoms with Crippen LogP contribution in [0.2, 0.25) is 0 Å².